The van der Waals surface area contributed by atoms with Crippen molar-refractivity contribution in [1.29, 1.82) is 0 Å². The van der Waals surface area contributed by atoms with E-state index in [0.29, 0.717) is 0 Å². The third kappa shape index (κ3) is 6.13. The summed E-state index contributed by atoms with van der Waals surface area (Å²) >= 11 is 0. The Morgan fingerprint density at radius 3 is 2.17 bits per heavy atom. The lowest BCUT2D eigenvalue weighted by Gasteiger charge is -2.30. The lowest BCUT2D eigenvalue weighted by atomic mass is 9.88. The topological polar surface area (TPSA) is 25.4 Å². The first-order chi connectivity index (χ1) is 17.1. The number of aromatic nitrogens is 1. The van der Waals surface area contributed by atoms with E-state index in [1.807, 2.05) is 7.11 Å². The predicted molar refractivity (Wildman–Crippen MR) is 147 cm³/mol. The van der Waals surface area contributed by atoms with Gasteiger partial charge in [-0.2, -0.15) is 0 Å². The second-order valence-corrected chi connectivity index (χ2v) is 10.1. The van der Waals surface area contributed by atoms with E-state index in [1.54, 1.807) is 0 Å². The summed E-state index contributed by atoms with van der Waals surface area (Å²) in [6.45, 7) is 9.59. The Kier molecular flexibility index (Phi) is 8.98. The van der Waals surface area contributed by atoms with Crippen LogP contribution in [-0.2, 0) is 25.9 Å². The van der Waals surface area contributed by atoms with Crippen LogP contribution in [0, 0.1) is 12.8 Å². The molecule has 35 heavy (non-hydrogen) atoms. The van der Waals surface area contributed by atoms with Crippen LogP contribution >= 0.6 is 0 Å². The molecular formula is C32H42N2O. The summed E-state index contributed by atoms with van der Waals surface area (Å²) in [4.78, 5) is 7.69. The highest BCUT2D eigenvalue weighted by Gasteiger charge is 2.22. The second-order valence-electron chi connectivity index (χ2n) is 10.1. The van der Waals surface area contributed by atoms with Crippen molar-refractivity contribution in [2.45, 2.75) is 78.8 Å². The number of hydrogen-bond acceptors (Lipinski definition) is 3. The normalized spacial score (nSPS) is 14.4. The summed E-state index contributed by atoms with van der Waals surface area (Å²) in [5.74, 6) is 1.78. The SMILES string of the molecule is CCc1cccc(CC)c1-c1ncc(CN(Cc2ccccc2)CC2CCCCC2)c(OC)c1C. The first-order valence-corrected chi connectivity index (χ1v) is 13.5. The van der Waals surface area contributed by atoms with Crippen LogP contribution in [0.15, 0.2) is 54.7 Å². The maximum Gasteiger partial charge on any atom is 0.129 e. The number of benzene rings is 2. The Balaban J connectivity index is 1.66. The first kappa shape index (κ1) is 25.4. The van der Waals surface area contributed by atoms with E-state index in [9.17, 15) is 0 Å². The number of aryl methyl sites for hydroxylation is 2. The fraction of sp³-hybridized carbons (Fsp3) is 0.469. The molecule has 3 aromatic rings. The minimum atomic E-state index is 0.787. The van der Waals surface area contributed by atoms with Gasteiger partial charge in [-0.25, -0.2) is 0 Å². The highest BCUT2D eigenvalue weighted by Crippen LogP contribution is 2.36. The number of rotatable bonds is 10. The lowest BCUT2D eigenvalue weighted by molar-refractivity contribution is 0.185. The van der Waals surface area contributed by atoms with Gasteiger partial charge in [-0.3, -0.25) is 9.88 Å². The fourth-order valence-corrected chi connectivity index (χ4v) is 5.84. The summed E-state index contributed by atoms with van der Waals surface area (Å²) in [6.07, 6.45) is 10.9. The molecule has 0 atom stereocenters. The highest BCUT2D eigenvalue weighted by molar-refractivity contribution is 5.73. The van der Waals surface area contributed by atoms with Gasteiger partial charge in [0, 0.05) is 42.5 Å². The third-order valence-electron chi connectivity index (χ3n) is 7.66. The van der Waals surface area contributed by atoms with Crippen molar-refractivity contribution in [2.75, 3.05) is 13.7 Å². The average molecular weight is 471 g/mol. The third-order valence-corrected chi connectivity index (χ3v) is 7.66. The molecule has 4 rings (SSSR count). The zero-order chi connectivity index (χ0) is 24.6. The Labute approximate surface area is 212 Å². The Morgan fingerprint density at radius 1 is 0.857 bits per heavy atom. The second kappa shape index (κ2) is 12.4. The maximum absolute atomic E-state index is 6.06. The maximum atomic E-state index is 6.06. The molecule has 1 aliphatic rings. The van der Waals surface area contributed by atoms with Crippen molar-refractivity contribution in [3.8, 4) is 17.0 Å². The molecule has 0 amide bonds. The van der Waals surface area contributed by atoms with Gasteiger partial charge in [-0.15, -0.1) is 0 Å². The molecular weight excluding hydrogens is 428 g/mol. The van der Waals surface area contributed by atoms with Crippen molar-refractivity contribution < 1.29 is 4.74 Å². The monoisotopic (exact) mass is 470 g/mol. The smallest absolute Gasteiger partial charge is 0.129 e. The fourth-order valence-electron chi connectivity index (χ4n) is 5.84. The predicted octanol–water partition coefficient (Wildman–Crippen LogP) is 7.77. The number of pyridine rings is 1. The van der Waals surface area contributed by atoms with E-state index in [0.717, 1.165) is 55.4 Å². The van der Waals surface area contributed by atoms with Crippen LogP contribution in [0.25, 0.3) is 11.3 Å². The number of methoxy groups -OCH3 is 1. The van der Waals surface area contributed by atoms with Crippen molar-refractivity contribution >= 4 is 0 Å². The van der Waals surface area contributed by atoms with Crippen LogP contribution in [0.4, 0.5) is 0 Å². The molecule has 1 fully saturated rings. The molecule has 2 aromatic carbocycles. The van der Waals surface area contributed by atoms with E-state index in [1.165, 1.54) is 59.9 Å². The van der Waals surface area contributed by atoms with Crippen molar-refractivity contribution in [1.82, 2.24) is 9.88 Å². The minimum Gasteiger partial charge on any atom is -0.496 e. The molecule has 0 bridgehead atoms. The lowest BCUT2D eigenvalue weighted by Crippen LogP contribution is -2.30. The highest BCUT2D eigenvalue weighted by atomic mass is 16.5. The van der Waals surface area contributed by atoms with Gasteiger partial charge in [-0.05, 0) is 55.2 Å². The van der Waals surface area contributed by atoms with Crippen LogP contribution < -0.4 is 4.74 Å². The van der Waals surface area contributed by atoms with Crippen LogP contribution in [0.3, 0.4) is 0 Å². The standard InChI is InChI=1S/C32H42N2O/c1-5-27-18-13-19-28(6-2)30(27)31-24(3)32(35-4)29(20-33-31)23-34(21-25-14-9-7-10-15-25)22-26-16-11-8-12-17-26/h7,9-10,13-15,18-20,26H,5-6,8,11-12,16-17,21-23H2,1-4H3. The molecule has 0 radical (unpaired) electrons. The van der Waals surface area contributed by atoms with Crippen LogP contribution in [0.2, 0.25) is 0 Å². The zero-order valence-electron chi connectivity index (χ0n) is 22.1. The van der Waals surface area contributed by atoms with E-state index in [4.69, 9.17) is 9.72 Å². The molecule has 3 heteroatoms. The number of nitrogens with zero attached hydrogens (tertiary/aromatic N) is 2. The minimum absolute atomic E-state index is 0.787. The summed E-state index contributed by atoms with van der Waals surface area (Å²) in [6, 6.07) is 17.5. The van der Waals surface area contributed by atoms with E-state index in [-0.39, 0.29) is 0 Å². The Bertz CT molecular complexity index is 1060. The van der Waals surface area contributed by atoms with E-state index in [2.05, 4.69) is 80.4 Å². The molecule has 3 nitrogen and oxygen atoms in total. The molecule has 0 saturated heterocycles. The molecule has 1 saturated carbocycles. The number of hydrogen-bond donors (Lipinski definition) is 0. The van der Waals surface area contributed by atoms with Crippen molar-refractivity contribution in [3.63, 3.8) is 0 Å². The Hall–Kier alpha value is -2.65. The molecule has 0 aliphatic heterocycles. The van der Waals surface area contributed by atoms with Gasteiger partial charge in [0.1, 0.15) is 5.75 Å². The van der Waals surface area contributed by atoms with Gasteiger partial charge in [0.25, 0.3) is 0 Å². The molecule has 0 spiro atoms. The molecule has 0 N–H and O–H groups in total. The average Bonchev–Trinajstić information content (AvgIpc) is 2.90. The molecule has 186 valence electrons. The largest absolute Gasteiger partial charge is 0.496 e. The molecule has 1 heterocycles. The Morgan fingerprint density at radius 2 is 1.54 bits per heavy atom. The van der Waals surface area contributed by atoms with Gasteiger partial charge in [0.2, 0.25) is 0 Å². The molecule has 0 unspecified atom stereocenters. The van der Waals surface area contributed by atoms with Gasteiger partial charge in [0.15, 0.2) is 0 Å². The summed E-state index contributed by atoms with van der Waals surface area (Å²) < 4.78 is 6.06. The van der Waals surface area contributed by atoms with Gasteiger partial charge >= 0.3 is 0 Å². The van der Waals surface area contributed by atoms with Crippen molar-refractivity contribution in [2.24, 2.45) is 5.92 Å². The zero-order valence-corrected chi connectivity index (χ0v) is 22.1. The van der Waals surface area contributed by atoms with Gasteiger partial charge in [0.05, 0.1) is 12.8 Å². The summed E-state index contributed by atoms with van der Waals surface area (Å²) in [5, 5.41) is 0. The molecule has 1 aliphatic carbocycles. The van der Waals surface area contributed by atoms with Gasteiger partial charge in [-0.1, -0.05) is 81.6 Å². The van der Waals surface area contributed by atoms with Crippen LogP contribution in [0.1, 0.15) is 73.8 Å². The number of ether oxygens (including phenoxy) is 1. The van der Waals surface area contributed by atoms with Crippen LogP contribution in [0.5, 0.6) is 5.75 Å². The quantitative estimate of drug-likeness (QED) is 0.302. The van der Waals surface area contributed by atoms with E-state index >= 15 is 0 Å². The first-order valence-electron chi connectivity index (χ1n) is 13.5. The van der Waals surface area contributed by atoms with Gasteiger partial charge < -0.3 is 4.74 Å². The molecule has 1 aromatic heterocycles. The van der Waals surface area contributed by atoms with E-state index < -0.39 is 0 Å². The van der Waals surface area contributed by atoms with Crippen LogP contribution in [-0.4, -0.2) is 23.5 Å². The summed E-state index contributed by atoms with van der Waals surface area (Å²) in [5.41, 5.74) is 8.79. The van der Waals surface area contributed by atoms with Crippen molar-refractivity contribution in [3.05, 3.63) is 82.5 Å². The summed E-state index contributed by atoms with van der Waals surface area (Å²) in [7, 11) is 1.81.